The number of hydrogen-bond donors (Lipinski definition) is 0. The molecule has 0 unspecified atom stereocenters. The lowest BCUT2D eigenvalue weighted by molar-refractivity contribution is -0.139. The highest BCUT2D eigenvalue weighted by Gasteiger charge is 2.35. The molecule has 110 valence electrons. The molecule has 0 aliphatic carbocycles. The number of ketones is 1. The molecule has 1 rings (SSSR count). The lowest BCUT2D eigenvalue weighted by atomic mass is 10.0. The Morgan fingerprint density at radius 3 is 2.30 bits per heavy atom. The molecule has 0 spiro atoms. The summed E-state index contributed by atoms with van der Waals surface area (Å²) in [6.45, 7) is 1.23. The van der Waals surface area contributed by atoms with E-state index in [-0.39, 0.29) is 12.7 Å². The highest BCUT2D eigenvalue weighted by Crippen LogP contribution is 2.34. The van der Waals surface area contributed by atoms with Gasteiger partial charge in [0.25, 0.3) is 5.78 Å². The molecule has 8 heteroatoms. The van der Waals surface area contributed by atoms with Crippen molar-refractivity contribution in [1.82, 2.24) is 0 Å². The van der Waals surface area contributed by atoms with E-state index in [4.69, 9.17) is 0 Å². The van der Waals surface area contributed by atoms with Gasteiger partial charge in [0.05, 0.1) is 24.8 Å². The van der Waals surface area contributed by atoms with E-state index in [1.807, 2.05) is 0 Å². The summed E-state index contributed by atoms with van der Waals surface area (Å²) in [7, 11) is 0.942. The second-order valence-electron chi connectivity index (χ2n) is 3.59. The average Bonchev–Trinajstić information content (AvgIpc) is 2.37. The maximum Gasteiger partial charge on any atom is 0.416 e. The van der Waals surface area contributed by atoms with Crippen molar-refractivity contribution in [3.63, 3.8) is 0 Å². The second-order valence-corrected chi connectivity index (χ2v) is 3.59. The third-order valence-corrected chi connectivity index (χ3v) is 2.29. The van der Waals surface area contributed by atoms with E-state index in [1.54, 1.807) is 0 Å². The molecule has 1 aromatic carbocycles. The predicted molar refractivity (Wildman–Crippen MR) is 58.9 cm³/mol. The molecule has 0 bridgehead atoms. The Labute approximate surface area is 111 Å². The van der Waals surface area contributed by atoms with Crippen molar-refractivity contribution in [2.45, 2.75) is 13.1 Å². The molecule has 0 fully saturated rings. The van der Waals surface area contributed by atoms with Crippen LogP contribution in [0, 0.1) is 5.82 Å². The summed E-state index contributed by atoms with van der Waals surface area (Å²) in [5, 5.41) is 0. The van der Waals surface area contributed by atoms with Gasteiger partial charge in [-0.25, -0.2) is 9.18 Å². The zero-order chi connectivity index (χ0) is 15.5. The Morgan fingerprint density at radius 2 is 1.85 bits per heavy atom. The zero-order valence-electron chi connectivity index (χ0n) is 10.5. The molecule has 0 amide bonds. The molecular formula is C12H10F4O4. The lowest BCUT2D eigenvalue weighted by Crippen LogP contribution is -2.20. The third kappa shape index (κ3) is 3.25. The minimum Gasteiger partial charge on any atom is -0.494 e. The molecule has 4 nitrogen and oxygen atoms in total. The van der Waals surface area contributed by atoms with Gasteiger partial charge >= 0.3 is 12.1 Å². The van der Waals surface area contributed by atoms with Gasteiger partial charge in [0.2, 0.25) is 0 Å². The molecule has 1 aromatic rings. The molecule has 0 atom stereocenters. The standard InChI is InChI=1S/C12H10F4O4/c1-3-20-11(18)10(17)7-4-6(12(14,15)16)5-8(19-2)9(7)13/h4-5H,3H2,1-2H3. The van der Waals surface area contributed by atoms with Gasteiger partial charge < -0.3 is 9.47 Å². The van der Waals surface area contributed by atoms with Crippen molar-refractivity contribution in [2.75, 3.05) is 13.7 Å². The molecular weight excluding hydrogens is 284 g/mol. The van der Waals surface area contributed by atoms with Crippen LogP contribution in [0.2, 0.25) is 0 Å². The van der Waals surface area contributed by atoms with Crippen LogP contribution in [0.4, 0.5) is 17.6 Å². The van der Waals surface area contributed by atoms with E-state index < -0.39 is 40.6 Å². The smallest absolute Gasteiger partial charge is 0.416 e. The number of hydrogen-bond acceptors (Lipinski definition) is 4. The number of alkyl halides is 3. The van der Waals surface area contributed by atoms with E-state index in [2.05, 4.69) is 9.47 Å². The number of carbonyl (C=O) groups excluding carboxylic acids is 2. The minimum atomic E-state index is -4.81. The van der Waals surface area contributed by atoms with Crippen molar-refractivity contribution < 1.29 is 36.6 Å². The molecule has 0 saturated carbocycles. The van der Waals surface area contributed by atoms with Crippen LogP contribution in [-0.2, 0) is 15.7 Å². The van der Waals surface area contributed by atoms with Crippen LogP contribution in [-0.4, -0.2) is 25.5 Å². The summed E-state index contributed by atoms with van der Waals surface area (Å²) in [6.07, 6.45) is -4.81. The van der Waals surface area contributed by atoms with Crippen LogP contribution in [0.25, 0.3) is 0 Å². The highest BCUT2D eigenvalue weighted by molar-refractivity contribution is 6.40. The van der Waals surface area contributed by atoms with Gasteiger partial charge in [-0.3, -0.25) is 4.79 Å². The summed E-state index contributed by atoms with van der Waals surface area (Å²) in [5.74, 6) is -5.08. The fraction of sp³-hybridized carbons (Fsp3) is 0.333. The normalized spacial score (nSPS) is 11.1. The van der Waals surface area contributed by atoms with Gasteiger partial charge in [0.15, 0.2) is 11.6 Å². The number of esters is 1. The van der Waals surface area contributed by atoms with Crippen molar-refractivity contribution in [1.29, 1.82) is 0 Å². The maximum atomic E-state index is 13.8. The van der Waals surface area contributed by atoms with E-state index in [0.717, 1.165) is 7.11 Å². The Hall–Kier alpha value is -2.12. The molecule has 0 N–H and O–H groups in total. The van der Waals surface area contributed by atoms with Crippen molar-refractivity contribution in [3.8, 4) is 5.75 Å². The number of ether oxygens (including phenoxy) is 2. The first-order valence-electron chi connectivity index (χ1n) is 5.38. The zero-order valence-corrected chi connectivity index (χ0v) is 10.5. The fourth-order valence-corrected chi connectivity index (χ4v) is 1.38. The third-order valence-electron chi connectivity index (χ3n) is 2.29. The number of rotatable bonds is 4. The van der Waals surface area contributed by atoms with Crippen molar-refractivity contribution in [2.24, 2.45) is 0 Å². The number of halogens is 4. The summed E-state index contributed by atoms with van der Waals surface area (Å²) in [5.41, 5.74) is -2.35. The topological polar surface area (TPSA) is 52.6 Å². The molecule has 0 heterocycles. The van der Waals surface area contributed by atoms with Gasteiger partial charge in [-0.2, -0.15) is 13.2 Å². The summed E-state index contributed by atoms with van der Waals surface area (Å²) >= 11 is 0. The number of carbonyl (C=O) groups is 2. The van der Waals surface area contributed by atoms with Crippen LogP contribution in [0.5, 0.6) is 5.75 Å². The SMILES string of the molecule is CCOC(=O)C(=O)c1cc(C(F)(F)F)cc(OC)c1F. The molecule has 0 aliphatic rings. The van der Waals surface area contributed by atoms with E-state index in [0.29, 0.717) is 6.07 Å². The van der Waals surface area contributed by atoms with Crippen LogP contribution in [0.3, 0.4) is 0 Å². The first kappa shape index (κ1) is 15.9. The van der Waals surface area contributed by atoms with Gasteiger partial charge in [-0.15, -0.1) is 0 Å². The molecule has 0 aromatic heterocycles. The Bertz CT molecular complexity index is 537. The number of Topliss-reactive ketones (excluding diaryl/α,β-unsaturated/α-hetero) is 1. The number of methoxy groups -OCH3 is 1. The van der Waals surface area contributed by atoms with Crippen LogP contribution < -0.4 is 4.74 Å². The fourth-order valence-electron chi connectivity index (χ4n) is 1.38. The predicted octanol–water partition coefficient (Wildman–Crippen LogP) is 2.60. The van der Waals surface area contributed by atoms with Crippen molar-refractivity contribution in [3.05, 3.63) is 29.1 Å². The Morgan fingerprint density at radius 1 is 1.25 bits per heavy atom. The molecule has 0 radical (unpaired) electrons. The molecule has 0 aliphatic heterocycles. The Kier molecular flexibility index (Phi) is 4.69. The second kappa shape index (κ2) is 5.89. The van der Waals surface area contributed by atoms with Crippen molar-refractivity contribution >= 4 is 11.8 Å². The van der Waals surface area contributed by atoms with Crippen LogP contribution >= 0.6 is 0 Å². The average molecular weight is 294 g/mol. The van der Waals surface area contributed by atoms with E-state index in [1.165, 1.54) is 6.92 Å². The van der Waals surface area contributed by atoms with Crippen LogP contribution in [0.15, 0.2) is 12.1 Å². The summed E-state index contributed by atoms with van der Waals surface area (Å²) in [4.78, 5) is 22.8. The quantitative estimate of drug-likeness (QED) is 0.371. The van der Waals surface area contributed by atoms with Crippen LogP contribution in [0.1, 0.15) is 22.8 Å². The van der Waals surface area contributed by atoms with Gasteiger partial charge in [0.1, 0.15) is 0 Å². The molecule has 20 heavy (non-hydrogen) atoms. The van der Waals surface area contributed by atoms with Gasteiger partial charge in [-0.05, 0) is 19.1 Å². The van der Waals surface area contributed by atoms with E-state index in [9.17, 15) is 27.2 Å². The van der Waals surface area contributed by atoms with Gasteiger partial charge in [-0.1, -0.05) is 0 Å². The Balaban J connectivity index is 3.38. The summed E-state index contributed by atoms with van der Waals surface area (Å²) in [6, 6.07) is 0.647. The maximum absolute atomic E-state index is 13.8. The first-order valence-corrected chi connectivity index (χ1v) is 5.38. The minimum absolute atomic E-state index is 0.164. The number of benzene rings is 1. The largest absolute Gasteiger partial charge is 0.494 e. The monoisotopic (exact) mass is 294 g/mol. The first-order chi connectivity index (χ1) is 9.22. The molecule has 0 saturated heterocycles. The highest BCUT2D eigenvalue weighted by atomic mass is 19.4. The van der Waals surface area contributed by atoms with Gasteiger partial charge in [0, 0.05) is 0 Å². The summed E-state index contributed by atoms with van der Waals surface area (Å²) < 4.78 is 60.4. The lowest BCUT2D eigenvalue weighted by Gasteiger charge is -2.12. The van der Waals surface area contributed by atoms with E-state index >= 15 is 0 Å².